The van der Waals surface area contributed by atoms with Crippen LogP contribution in [0.25, 0.3) is 0 Å². The van der Waals surface area contributed by atoms with Crippen molar-refractivity contribution in [1.82, 2.24) is 20.2 Å². The molecule has 4 rings (SSSR count). The number of hydrogen-bond acceptors (Lipinski definition) is 6. The normalized spacial score (nSPS) is 25.8. The van der Waals surface area contributed by atoms with Crippen LogP contribution in [0, 0.1) is 18.8 Å². The predicted octanol–water partition coefficient (Wildman–Crippen LogP) is 2.76. The lowest BCUT2D eigenvalue weighted by Crippen LogP contribution is -2.35. The Morgan fingerprint density at radius 3 is 2.96 bits per heavy atom. The second-order valence-corrected chi connectivity index (χ2v) is 7.86. The number of carbonyl (C=O) groups is 1. The summed E-state index contributed by atoms with van der Waals surface area (Å²) in [5.41, 5.74) is 0.203. The van der Waals surface area contributed by atoms with Crippen molar-refractivity contribution in [3.05, 3.63) is 29.2 Å². The summed E-state index contributed by atoms with van der Waals surface area (Å²) in [6.45, 7) is 7.41. The van der Waals surface area contributed by atoms with Crippen LogP contribution >= 0.6 is 0 Å². The average Bonchev–Trinajstić information content (AvgIpc) is 3.27. The molecule has 7 nitrogen and oxygen atoms in total. The van der Waals surface area contributed by atoms with Gasteiger partial charge in [0.05, 0.1) is 5.41 Å². The molecule has 3 heterocycles. The van der Waals surface area contributed by atoms with E-state index in [4.69, 9.17) is 9.05 Å². The molecule has 0 spiro atoms. The van der Waals surface area contributed by atoms with Crippen molar-refractivity contribution in [3.63, 3.8) is 0 Å². The Morgan fingerprint density at radius 1 is 1.40 bits per heavy atom. The topological polar surface area (TPSA) is 85.3 Å². The van der Waals surface area contributed by atoms with E-state index in [1.807, 2.05) is 4.90 Å². The predicted molar refractivity (Wildman–Crippen MR) is 89.0 cm³/mol. The third-order valence-electron chi connectivity index (χ3n) is 5.50. The van der Waals surface area contributed by atoms with Gasteiger partial charge in [-0.3, -0.25) is 4.79 Å². The Labute approximate surface area is 146 Å². The van der Waals surface area contributed by atoms with Crippen molar-refractivity contribution >= 4 is 5.91 Å². The lowest BCUT2D eigenvalue weighted by Gasteiger charge is -2.24. The van der Waals surface area contributed by atoms with Gasteiger partial charge < -0.3 is 13.9 Å². The van der Waals surface area contributed by atoms with Crippen LogP contribution in [0.15, 0.2) is 15.1 Å². The van der Waals surface area contributed by atoms with E-state index in [1.165, 1.54) is 0 Å². The summed E-state index contributed by atoms with van der Waals surface area (Å²) in [5, 5.41) is 8.17. The first-order chi connectivity index (χ1) is 12.0. The molecule has 2 aromatic rings. The first-order valence-corrected chi connectivity index (χ1v) is 9.03. The number of nitrogens with zero attached hydrogens (tertiary/aromatic N) is 4. The first kappa shape index (κ1) is 16.3. The van der Waals surface area contributed by atoms with Gasteiger partial charge >= 0.3 is 0 Å². The van der Waals surface area contributed by atoms with Crippen molar-refractivity contribution in [1.29, 1.82) is 0 Å². The number of likely N-dealkylation sites (tertiary alicyclic amines) is 1. The van der Waals surface area contributed by atoms with Crippen molar-refractivity contribution in [2.45, 2.75) is 51.9 Å². The Hall–Kier alpha value is -2.18. The molecule has 2 aromatic heterocycles. The number of aromatic nitrogens is 3. The molecule has 1 aliphatic heterocycles. The van der Waals surface area contributed by atoms with Gasteiger partial charge in [0.25, 0.3) is 5.91 Å². The molecule has 0 radical (unpaired) electrons. The summed E-state index contributed by atoms with van der Waals surface area (Å²) in [5.74, 6) is 2.90. The van der Waals surface area contributed by atoms with Gasteiger partial charge in [0.1, 0.15) is 5.76 Å². The van der Waals surface area contributed by atoms with E-state index in [1.54, 1.807) is 13.0 Å². The van der Waals surface area contributed by atoms with Crippen molar-refractivity contribution in [3.8, 4) is 0 Å². The zero-order valence-corrected chi connectivity index (χ0v) is 15.0. The smallest absolute Gasteiger partial charge is 0.276 e. The molecule has 0 N–H and O–H groups in total. The SMILES string of the molecule is Cc1cc(C(=O)N2C[C@H]3CCC[C@@]3(c3noc(CC(C)C)n3)C2)no1. The molecule has 0 aromatic carbocycles. The molecule has 0 bridgehead atoms. The maximum Gasteiger partial charge on any atom is 0.276 e. The molecule has 1 amide bonds. The van der Waals surface area contributed by atoms with Crippen molar-refractivity contribution < 1.29 is 13.8 Å². The number of aryl methyl sites for hydroxylation is 1. The molecular weight excluding hydrogens is 320 g/mol. The van der Waals surface area contributed by atoms with Gasteiger partial charge in [0.2, 0.25) is 5.89 Å². The zero-order chi connectivity index (χ0) is 17.6. The highest BCUT2D eigenvalue weighted by atomic mass is 16.5. The summed E-state index contributed by atoms with van der Waals surface area (Å²) in [4.78, 5) is 19.3. The minimum atomic E-state index is -0.173. The van der Waals surface area contributed by atoms with Gasteiger partial charge in [-0.1, -0.05) is 30.6 Å². The van der Waals surface area contributed by atoms with Gasteiger partial charge in [-0.2, -0.15) is 4.98 Å². The standard InChI is InChI=1S/C18H24N4O3/c1-11(2)7-15-19-17(21-25-15)18-6-4-5-13(18)9-22(10-18)16(23)14-8-12(3)24-20-14/h8,11,13H,4-7,9-10H2,1-3H3/t13-,18-/m1/s1. The van der Waals surface area contributed by atoms with E-state index < -0.39 is 0 Å². The molecule has 134 valence electrons. The summed E-state index contributed by atoms with van der Waals surface area (Å²) in [7, 11) is 0. The van der Waals surface area contributed by atoms with Crippen LogP contribution in [0.4, 0.5) is 0 Å². The van der Waals surface area contributed by atoms with Gasteiger partial charge in [-0.25, -0.2) is 0 Å². The van der Waals surface area contributed by atoms with Gasteiger partial charge in [0, 0.05) is 25.6 Å². The summed E-state index contributed by atoms with van der Waals surface area (Å²) < 4.78 is 10.5. The van der Waals surface area contributed by atoms with Crippen molar-refractivity contribution in [2.75, 3.05) is 13.1 Å². The second-order valence-electron chi connectivity index (χ2n) is 7.86. The first-order valence-electron chi connectivity index (χ1n) is 9.03. The van der Waals surface area contributed by atoms with Crippen molar-refractivity contribution in [2.24, 2.45) is 11.8 Å². The second kappa shape index (κ2) is 5.97. The summed E-state index contributed by atoms with van der Waals surface area (Å²) in [6.07, 6.45) is 4.02. The van der Waals surface area contributed by atoms with Gasteiger partial charge in [0.15, 0.2) is 11.5 Å². The highest BCUT2D eigenvalue weighted by molar-refractivity contribution is 5.92. The van der Waals surface area contributed by atoms with Crippen LogP contribution < -0.4 is 0 Å². The fraction of sp³-hybridized carbons (Fsp3) is 0.667. The molecule has 7 heteroatoms. The number of fused-ring (bicyclic) bond motifs is 1. The molecule has 1 saturated heterocycles. The molecular formula is C18H24N4O3. The van der Waals surface area contributed by atoms with Crippen LogP contribution in [0.3, 0.4) is 0 Å². The number of amides is 1. The van der Waals surface area contributed by atoms with E-state index in [-0.39, 0.29) is 11.3 Å². The number of carbonyl (C=O) groups excluding carboxylic acids is 1. The largest absolute Gasteiger partial charge is 0.361 e. The molecule has 1 saturated carbocycles. The van der Waals surface area contributed by atoms with E-state index in [0.29, 0.717) is 35.7 Å². The Bertz CT molecular complexity index is 781. The summed E-state index contributed by atoms with van der Waals surface area (Å²) >= 11 is 0. The van der Waals surface area contributed by atoms with Crippen LogP contribution in [0.1, 0.15) is 61.1 Å². The van der Waals surface area contributed by atoms with Crippen LogP contribution in [-0.4, -0.2) is 39.2 Å². The fourth-order valence-corrected chi connectivity index (χ4v) is 4.33. The van der Waals surface area contributed by atoms with Crippen LogP contribution in [-0.2, 0) is 11.8 Å². The fourth-order valence-electron chi connectivity index (χ4n) is 4.33. The molecule has 0 unspecified atom stereocenters. The molecule has 2 aliphatic rings. The lowest BCUT2D eigenvalue weighted by atomic mass is 9.80. The van der Waals surface area contributed by atoms with Crippen LogP contribution in [0.2, 0.25) is 0 Å². The minimum Gasteiger partial charge on any atom is -0.361 e. The van der Waals surface area contributed by atoms with E-state index in [2.05, 4.69) is 29.1 Å². The Balaban J connectivity index is 1.58. The molecule has 2 fully saturated rings. The quantitative estimate of drug-likeness (QED) is 0.848. The van der Waals surface area contributed by atoms with Gasteiger partial charge in [-0.15, -0.1) is 0 Å². The molecule has 1 aliphatic carbocycles. The lowest BCUT2D eigenvalue weighted by molar-refractivity contribution is 0.0766. The van der Waals surface area contributed by atoms with Gasteiger partial charge in [-0.05, 0) is 31.6 Å². The summed E-state index contributed by atoms with van der Waals surface area (Å²) in [6, 6.07) is 1.69. The monoisotopic (exact) mass is 344 g/mol. The van der Waals surface area contributed by atoms with Crippen LogP contribution in [0.5, 0.6) is 0 Å². The third-order valence-corrected chi connectivity index (χ3v) is 5.50. The Kier molecular flexibility index (Phi) is 3.89. The van der Waals surface area contributed by atoms with E-state index in [9.17, 15) is 4.79 Å². The van der Waals surface area contributed by atoms with E-state index >= 15 is 0 Å². The third kappa shape index (κ3) is 2.75. The highest BCUT2D eigenvalue weighted by Crippen LogP contribution is 2.49. The minimum absolute atomic E-state index is 0.0727. The number of rotatable bonds is 4. The van der Waals surface area contributed by atoms with E-state index in [0.717, 1.165) is 38.1 Å². The molecule has 25 heavy (non-hydrogen) atoms. The highest BCUT2D eigenvalue weighted by Gasteiger charge is 2.54. The Morgan fingerprint density at radius 2 is 2.24 bits per heavy atom. The molecule has 2 atom stereocenters. The average molecular weight is 344 g/mol. The maximum absolute atomic E-state index is 12.8. The maximum atomic E-state index is 12.8. The zero-order valence-electron chi connectivity index (χ0n) is 15.0. The number of hydrogen-bond donors (Lipinski definition) is 0.